The lowest BCUT2D eigenvalue weighted by molar-refractivity contribution is 0.112. The molecule has 0 bridgehead atoms. The van der Waals surface area contributed by atoms with Crippen molar-refractivity contribution in [3.63, 3.8) is 0 Å². The van der Waals surface area contributed by atoms with Gasteiger partial charge in [0.25, 0.3) is 0 Å². The number of anilines is 3. The number of para-hydroxylation sites is 2. The Hall–Kier alpha value is -3.24. The summed E-state index contributed by atoms with van der Waals surface area (Å²) in [6.45, 7) is 0. The molecule has 0 amide bonds. The minimum absolute atomic E-state index is 0.638. The van der Waals surface area contributed by atoms with E-state index in [-0.39, 0.29) is 0 Å². The number of rotatable bonds is 5. The van der Waals surface area contributed by atoms with Gasteiger partial charge in [0, 0.05) is 28.8 Å². The maximum Gasteiger partial charge on any atom is 0.161 e. The number of carbonyl (C=O) groups excluding carboxylic acids is 1. The van der Waals surface area contributed by atoms with Crippen LogP contribution in [0.2, 0.25) is 0 Å². The summed E-state index contributed by atoms with van der Waals surface area (Å²) in [6, 6.07) is 28.8. The molecule has 1 aromatic heterocycles. The standard InChI is InChI=1S/C22H16N2OS/c25-16-21-15-23-22(26-21)17-11-13-20(14-12-17)24(18-7-3-1-4-8-18)19-9-5-2-6-10-19/h1-16H. The van der Waals surface area contributed by atoms with Gasteiger partial charge in [0.2, 0.25) is 0 Å². The number of benzene rings is 3. The summed E-state index contributed by atoms with van der Waals surface area (Å²) >= 11 is 1.40. The Kier molecular flexibility index (Phi) is 4.58. The largest absolute Gasteiger partial charge is 0.311 e. The van der Waals surface area contributed by atoms with E-state index in [2.05, 4.69) is 46.3 Å². The first kappa shape index (κ1) is 16.2. The van der Waals surface area contributed by atoms with Crippen molar-refractivity contribution in [2.45, 2.75) is 0 Å². The van der Waals surface area contributed by atoms with E-state index in [1.807, 2.05) is 48.5 Å². The molecule has 3 nitrogen and oxygen atoms in total. The van der Waals surface area contributed by atoms with E-state index < -0.39 is 0 Å². The van der Waals surface area contributed by atoms with E-state index in [1.165, 1.54) is 11.3 Å². The molecule has 0 aliphatic heterocycles. The van der Waals surface area contributed by atoms with Gasteiger partial charge in [-0.2, -0.15) is 0 Å². The van der Waals surface area contributed by atoms with Crippen LogP contribution in [-0.4, -0.2) is 11.3 Å². The molecule has 0 N–H and O–H groups in total. The number of hydrogen-bond donors (Lipinski definition) is 0. The molecule has 1 heterocycles. The van der Waals surface area contributed by atoms with Gasteiger partial charge in [0.15, 0.2) is 6.29 Å². The van der Waals surface area contributed by atoms with Gasteiger partial charge in [-0.15, -0.1) is 11.3 Å². The second-order valence-electron chi connectivity index (χ2n) is 5.74. The van der Waals surface area contributed by atoms with Crippen LogP contribution in [0, 0.1) is 0 Å². The number of hydrogen-bond acceptors (Lipinski definition) is 4. The zero-order valence-electron chi connectivity index (χ0n) is 13.9. The highest BCUT2D eigenvalue weighted by atomic mass is 32.1. The van der Waals surface area contributed by atoms with Crippen LogP contribution in [0.25, 0.3) is 10.6 Å². The first-order valence-electron chi connectivity index (χ1n) is 8.27. The molecular weight excluding hydrogens is 340 g/mol. The van der Waals surface area contributed by atoms with Gasteiger partial charge in [-0.05, 0) is 48.5 Å². The first-order valence-corrected chi connectivity index (χ1v) is 9.08. The molecule has 0 fully saturated rings. The Morgan fingerprint density at radius 2 is 1.27 bits per heavy atom. The normalized spacial score (nSPS) is 10.5. The Balaban J connectivity index is 1.73. The minimum Gasteiger partial charge on any atom is -0.311 e. The molecule has 0 aliphatic carbocycles. The smallest absolute Gasteiger partial charge is 0.161 e. The second kappa shape index (κ2) is 7.33. The molecule has 0 aliphatic rings. The van der Waals surface area contributed by atoms with Gasteiger partial charge in [-0.1, -0.05) is 36.4 Å². The molecule has 126 valence electrons. The summed E-state index contributed by atoms with van der Waals surface area (Å²) in [6.07, 6.45) is 2.45. The van der Waals surface area contributed by atoms with Gasteiger partial charge < -0.3 is 4.90 Å². The molecule has 4 aromatic rings. The number of aromatic nitrogens is 1. The summed E-state index contributed by atoms with van der Waals surface area (Å²) < 4.78 is 0. The Labute approximate surface area is 156 Å². The third kappa shape index (κ3) is 3.27. The summed E-state index contributed by atoms with van der Waals surface area (Å²) in [7, 11) is 0. The molecule has 26 heavy (non-hydrogen) atoms. The number of aldehydes is 1. The molecular formula is C22H16N2OS. The van der Waals surface area contributed by atoms with Crippen molar-refractivity contribution in [3.8, 4) is 10.6 Å². The third-order valence-electron chi connectivity index (χ3n) is 4.04. The lowest BCUT2D eigenvalue weighted by atomic mass is 10.1. The molecule has 0 radical (unpaired) electrons. The van der Waals surface area contributed by atoms with Crippen LogP contribution in [0.3, 0.4) is 0 Å². The topological polar surface area (TPSA) is 33.2 Å². The summed E-state index contributed by atoms with van der Waals surface area (Å²) in [5.74, 6) is 0. The van der Waals surface area contributed by atoms with Crippen molar-refractivity contribution < 1.29 is 4.79 Å². The highest BCUT2D eigenvalue weighted by Gasteiger charge is 2.12. The highest BCUT2D eigenvalue weighted by Crippen LogP contribution is 2.35. The van der Waals surface area contributed by atoms with Crippen molar-refractivity contribution in [2.24, 2.45) is 0 Å². The van der Waals surface area contributed by atoms with E-state index in [4.69, 9.17) is 0 Å². The van der Waals surface area contributed by atoms with Crippen LogP contribution in [-0.2, 0) is 0 Å². The first-order chi connectivity index (χ1) is 12.8. The molecule has 3 aromatic carbocycles. The fourth-order valence-electron chi connectivity index (χ4n) is 2.83. The maximum atomic E-state index is 10.9. The van der Waals surface area contributed by atoms with E-state index in [0.717, 1.165) is 33.9 Å². The zero-order valence-corrected chi connectivity index (χ0v) is 14.8. The zero-order chi connectivity index (χ0) is 17.8. The minimum atomic E-state index is 0.638. The van der Waals surface area contributed by atoms with Crippen molar-refractivity contribution in [1.29, 1.82) is 0 Å². The lowest BCUT2D eigenvalue weighted by Crippen LogP contribution is -2.09. The second-order valence-corrected chi connectivity index (χ2v) is 6.80. The molecule has 4 rings (SSSR count). The molecule has 0 saturated heterocycles. The molecule has 0 unspecified atom stereocenters. The quantitative estimate of drug-likeness (QED) is 0.406. The van der Waals surface area contributed by atoms with E-state index in [1.54, 1.807) is 6.20 Å². The fourth-order valence-corrected chi connectivity index (χ4v) is 3.57. The monoisotopic (exact) mass is 356 g/mol. The Morgan fingerprint density at radius 3 is 1.77 bits per heavy atom. The molecule has 4 heteroatoms. The van der Waals surface area contributed by atoms with Crippen LogP contribution in [0.5, 0.6) is 0 Å². The van der Waals surface area contributed by atoms with E-state index >= 15 is 0 Å². The van der Waals surface area contributed by atoms with Crippen LogP contribution in [0.4, 0.5) is 17.1 Å². The van der Waals surface area contributed by atoms with Crippen LogP contribution >= 0.6 is 11.3 Å². The predicted octanol–water partition coefficient (Wildman–Crippen LogP) is 6.09. The van der Waals surface area contributed by atoms with Crippen LogP contribution < -0.4 is 4.90 Å². The summed E-state index contributed by atoms with van der Waals surface area (Å²) in [4.78, 5) is 18.0. The van der Waals surface area contributed by atoms with Crippen LogP contribution in [0.1, 0.15) is 9.67 Å². The van der Waals surface area contributed by atoms with Gasteiger partial charge in [-0.25, -0.2) is 4.98 Å². The Morgan fingerprint density at radius 1 is 0.731 bits per heavy atom. The van der Waals surface area contributed by atoms with Crippen molar-refractivity contribution in [3.05, 3.63) is 96.0 Å². The lowest BCUT2D eigenvalue weighted by Gasteiger charge is -2.25. The molecule has 0 spiro atoms. The van der Waals surface area contributed by atoms with Crippen LogP contribution in [0.15, 0.2) is 91.1 Å². The molecule has 0 saturated carbocycles. The third-order valence-corrected chi connectivity index (χ3v) is 5.01. The van der Waals surface area contributed by atoms with Gasteiger partial charge in [0.1, 0.15) is 5.01 Å². The summed E-state index contributed by atoms with van der Waals surface area (Å²) in [5, 5.41) is 0.852. The fraction of sp³-hybridized carbons (Fsp3) is 0. The average Bonchev–Trinajstić information content (AvgIpc) is 3.20. The van der Waals surface area contributed by atoms with Crippen molar-refractivity contribution >= 4 is 34.7 Å². The number of nitrogens with zero attached hydrogens (tertiary/aromatic N) is 2. The maximum absolute atomic E-state index is 10.9. The highest BCUT2D eigenvalue weighted by molar-refractivity contribution is 7.16. The Bertz CT molecular complexity index is 956. The predicted molar refractivity (Wildman–Crippen MR) is 108 cm³/mol. The average molecular weight is 356 g/mol. The number of carbonyl (C=O) groups is 1. The molecule has 0 atom stereocenters. The van der Waals surface area contributed by atoms with Crippen molar-refractivity contribution in [2.75, 3.05) is 4.90 Å². The van der Waals surface area contributed by atoms with E-state index in [0.29, 0.717) is 4.88 Å². The SMILES string of the molecule is O=Cc1cnc(-c2ccc(N(c3ccccc3)c3ccccc3)cc2)s1. The van der Waals surface area contributed by atoms with E-state index in [9.17, 15) is 4.79 Å². The van der Waals surface area contributed by atoms with Crippen molar-refractivity contribution in [1.82, 2.24) is 4.98 Å². The van der Waals surface area contributed by atoms with Gasteiger partial charge in [-0.3, -0.25) is 4.79 Å². The van der Waals surface area contributed by atoms with Gasteiger partial charge >= 0.3 is 0 Å². The van der Waals surface area contributed by atoms with Gasteiger partial charge in [0.05, 0.1) is 4.88 Å². The number of thiazole rings is 1. The summed E-state index contributed by atoms with van der Waals surface area (Å²) in [5.41, 5.74) is 4.28.